The molecule has 2 aromatic rings. The highest BCUT2D eigenvalue weighted by Gasteiger charge is 2.21. The number of nitro groups is 1. The number of piperazine rings is 1. The Hall–Kier alpha value is -2.18. The molecule has 1 aliphatic rings. The summed E-state index contributed by atoms with van der Waals surface area (Å²) < 4.78 is 0. The van der Waals surface area contributed by atoms with E-state index in [0.717, 1.165) is 42.4 Å². The van der Waals surface area contributed by atoms with Gasteiger partial charge in [-0.1, -0.05) is 42.0 Å². The van der Waals surface area contributed by atoms with Crippen molar-refractivity contribution in [1.29, 1.82) is 0 Å². The van der Waals surface area contributed by atoms with Crippen molar-refractivity contribution >= 4 is 40.2 Å². The van der Waals surface area contributed by atoms with Crippen molar-refractivity contribution in [3.8, 4) is 0 Å². The highest BCUT2D eigenvalue weighted by Crippen LogP contribution is 2.23. The summed E-state index contributed by atoms with van der Waals surface area (Å²) in [6.45, 7) is 3.20. The van der Waals surface area contributed by atoms with Crippen molar-refractivity contribution in [2.45, 2.75) is 0 Å². The fraction of sp³-hybridized carbons (Fsp3) is 0.235. The SMILES string of the molecule is O=[N+]([O-])c1ccc(N2CCN(C(=S)c3ccccc3Cl)CC2)cc1. The third-order valence-electron chi connectivity index (χ3n) is 4.10. The van der Waals surface area contributed by atoms with Gasteiger partial charge in [-0.05, 0) is 18.2 Å². The molecule has 0 radical (unpaired) electrons. The third-order valence-corrected chi connectivity index (χ3v) is 4.90. The summed E-state index contributed by atoms with van der Waals surface area (Å²) >= 11 is 11.8. The first-order chi connectivity index (χ1) is 11.6. The summed E-state index contributed by atoms with van der Waals surface area (Å²) in [5, 5.41) is 11.4. The van der Waals surface area contributed by atoms with Gasteiger partial charge in [0.25, 0.3) is 5.69 Å². The molecule has 1 fully saturated rings. The monoisotopic (exact) mass is 361 g/mol. The zero-order valence-electron chi connectivity index (χ0n) is 12.9. The normalized spacial score (nSPS) is 14.5. The first kappa shape index (κ1) is 16.7. The second-order valence-corrected chi connectivity index (χ2v) is 6.33. The summed E-state index contributed by atoms with van der Waals surface area (Å²) in [5.74, 6) is 0. The van der Waals surface area contributed by atoms with Crippen molar-refractivity contribution in [2.24, 2.45) is 0 Å². The molecule has 0 unspecified atom stereocenters. The Morgan fingerprint density at radius 2 is 1.67 bits per heavy atom. The highest BCUT2D eigenvalue weighted by atomic mass is 35.5. The van der Waals surface area contributed by atoms with Crippen LogP contribution in [0.5, 0.6) is 0 Å². The lowest BCUT2D eigenvalue weighted by molar-refractivity contribution is -0.384. The second-order valence-electron chi connectivity index (χ2n) is 5.53. The molecule has 0 amide bonds. The van der Waals surface area contributed by atoms with E-state index in [2.05, 4.69) is 9.80 Å². The minimum Gasteiger partial charge on any atom is -0.368 e. The molecule has 3 rings (SSSR count). The summed E-state index contributed by atoms with van der Waals surface area (Å²) in [6, 6.07) is 14.3. The van der Waals surface area contributed by atoms with Crippen LogP contribution in [-0.2, 0) is 0 Å². The lowest BCUT2D eigenvalue weighted by Crippen LogP contribution is -2.48. The Morgan fingerprint density at radius 3 is 2.25 bits per heavy atom. The lowest BCUT2D eigenvalue weighted by atomic mass is 10.2. The van der Waals surface area contributed by atoms with Crippen LogP contribution in [0.1, 0.15) is 5.56 Å². The predicted molar refractivity (Wildman–Crippen MR) is 100 cm³/mol. The lowest BCUT2D eigenvalue weighted by Gasteiger charge is -2.37. The van der Waals surface area contributed by atoms with Gasteiger partial charge in [-0.15, -0.1) is 0 Å². The molecule has 24 heavy (non-hydrogen) atoms. The van der Waals surface area contributed by atoms with E-state index in [-0.39, 0.29) is 10.6 Å². The first-order valence-electron chi connectivity index (χ1n) is 7.59. The molecule has 1 saturated heterocycles. The number of hydrogen-bond donors (Lipinski definition) is 0. The summed E-state index contributed by atoms with van der Waals surface area (Å²) in [4.78, 5) is 15.5. The molecule has 1 aliphatic heterocycles. The van der Waals surface area contributed by atoms with Crippen molar-refractivity contribution in [1.82, 2.24) is 4.90 Å². The number of rotatable bonds is 3. The van der Waals surface area contributed by atoms with Crippen molar-refractivity contribution in [3.63, 3.8) is 0 Å². The molecular weight excluding hydrogens is 346 g/mol. The Bertz CT molecular complexity index is 759. The van der Waals surface area contributed by atoms with Crippen LogP contribution >= 0.6 is 23.8 Å². The molecular formula is C17H16ClN3O2S. The van der Waals surface area contributed by atoms with Gasteiger partial charge in [-0.2, -0.15) is 0 Å². The first-order valence-corrected chi connectivity index (χ1v) is 8.38. The summed E-state index contributed by atoms with van der Waals surface area (Å²) in [7, 11) is 0. The molecule has 124 valence electrons. The Labute approximate surface area is 150 Å². The zero-order valence-corrected chi connectivity index (χ0v) is 14.5. The molecule has 5 nitrogen and oxygen atoms in total. The molecule has 0 saturated carbocycles. The maximum atomic E-state index is 10.7. The zero-order chi connectivity index (χ0) is 17.1. The second kappa shape index (κ2) is 7.15. The molecule has 0 aliphatic carbocycles. The van der Waals surface area contributed by atoms with Crippen LogP contribution in [0.25, 0.3) is 0 Å². The van der Waals surface area contributed by atoms with Crippen molar-refractivity contribution in [3.05, 3.63) is 69.2 Å². The molecule has 0 N–H and O–H groups in total. The van der Waals surface area contributed by atoms with Gasteiger partial charge in [0, 0.05) is 49.6 Å². The number of hydrogen-bond acceptors (Lipinski definition) is 4. The van der Waals surface area contributed by atoms with Crippen LogP contribution < -0.4 is 4.90 Å². The number of halogens is 1. The van der Waals surface area contributed by atoms with E-state index in [4.69, 9.17) is 23.8 Å². The Balaban J connectivity index is 1.64. The number of anilines is 1. The van der Waals surface area contributed by atoms with Gasteiger partial charge < -0.3 is 9.80 Å². The van der Waals surface area contributed by atoms with Gasteiger partial charge in [0.1, 0.15) is 4.99 Å². The number of nitrogens with zero attached hydrogens (tertiary/aromatic N) is 3. The minimum absolute atomic E-state index is 0.109. The standard InChI is InChI=1S/C17H16ClN3O2S/c18-16-4-2-1-3-15(16)17(24)20-11-9-19(10-12-20)13-5-7-14(8-6-13)21(22)23/h1-8H,9-12H2. The molecule has 2 aromatic carbocycles. The van der Waals surface area contributed by atoms with E-state index < -0.39 is 0 Å². The van der Waals surface area contributed by atoms with E-state index in [9.17, 15) is 10.1 Å². The number of thiocarbonyl (C=S) groups is 1. The van der Waals surface area contributed by atoms with E-state index in [1.807, 2.05) is 24.3 Å². The Kier molecular flexibility index (Phi) is 4.97. The van der Waals surface area contributed by atoms with Crippen LogP contribution in [0.4, 0.5) is 11.4 Å². The van der Waals surface area contributed by atoms with Crippen molar-refractivity contribution in [2.75, 3.05) is 31.1 Å². The molecule has 0 spiro atoms. The summed E-state index contributed by atoms with van der Waals surface area (Å²) in [5.41, 5.74) is 1.99. The molecule has 0 aromatic heterocycles. The van der Waals surface area contributed by atoms with Crippen LogP contribution in [0.2, 0.25) is 5.02 Å². The van der Waals surface area contributed by atoms with Gasteiger partial charge in [0.2, 0.25) is 0 Å². The van der Waals surface area contributed by atoms with Gasteiger partial charge in [0.15, 0.2) is 0 Å². The van der Waals surface area contributed by atoms with E-state index in [1.165, 1.54) is 12.1 Å². The average molecular weight is 362 g/mol. The van der Waals surface area contributed by atoms with Gasteiger partial charge in [-0.25, -0.2) is 0 Å². The summed E-state index contributed by atoms with van der Waals surface area (Å²) in [6.07, 6.45) is 0. The number of non-ortho nitro benzene ring substituents is 1. The molecule has 1 heterocycles. The van der Waals surface area contributed by atoms with Crippen LogP contribution in [0.3, 0.4) is 0 Å². The predicted octanol–water partition coefficient (Wildman–Crippen LogP) is 3.75. The minimum atomic E-state index is -0.385. The number of nitro benzene ring substituents is 1. The largest absolute Gasteiger partial charge is 0.368 e. The van der Waals surface area contributed by atoms with E-state index >= 15 is 0 Å². The van der Waals surface area contributed by atoms with Crippen LogP contribution in [0.15, 0.2) is 48.5 Å². The van der Waals surface area contributed by atoms with Gasteiger partial charge in [-0.3, -0.25) is 10.1 Å². The van der Waals surface area contributed by atoms with Crippen LogP contribution in [0, 0.1) is 10.1 Å². The number of benzene rings is 2. The average Bonchev–Trinajstić information content (AvgIpc) is 2.62. The van der Waals surface area contributed by atoms with Crippen molar-refractivity contribution < 1.29 is 4.92 Å². The quantitative estimate of drug-likeness (QED) is 0.473. The van der Waals surface area contributed by atoms with Crippen LogP contribution in [-0.4, -0.2) is 41.0 Å². The fourth-order valence-corrected chi connectivity index (χ4v) is 3.40. The van der Waals surface area contributed by atoms with Gasteiger partial charge >= 0.3 is 0 Å². The third kappa shape index (κ3) is 3.49. The van der Waals surface area contributed by atoms with E-state index in [0.29, 0.717) is 5.02 Å². The maximum Gasteiger partial charge on any atom is 0.269 e. The van der Waals surface area contributed by atoms with E-state index in [1.54, 1.807) is 12.1 Å². The smallest absolute Gasteiger partial charge is 0.269 e. The maximum absolute atomic E-state index is 10.7. The fourth-order valence-electron chi connectivity index (χ4n) is 2.76. The molecule has 0 bridgehead atoms. The highest BCUT2D eigenvalue weighted by molar-refractivity contribution is 7.80. The van der Waals surface area contributed by atoms with Gasteiger partial charge in [0.05, 0.1) is 9.95 Å². The molecule has 7 heteroatoms. The molecule has 0 atom stereocenters. The Morgan fingerprint density at radius 1 is 1.04 bits per heavy atom. The topological polar surface area (TPSA) is 49.6 Å².